The maximum atomic E-state index is 12.7. The number of imide groups is 1. The molecule has 0 radical (unpaired) electrons. The van der Waals surface area contributed by atoms with Crippen molar-refractivity contribution in [2.45, 2.75) is 26.3 Å². The van der Waals surface area contributed by atoms with Gasteiger partial charge in [-0.2, -0.15) is 0 Å². The number of hydrogen-bond acceptors (Lipinski definition) is 4. The molecule has 1 fully saturated rings. The second-order valence-corrected chi connectivity index (χ2v) is 5.97. The molecule has 1 aliphatic rings. The van der Waals surface area contributed by atoms with Crippen LogP contribution in [0.2, 0.25) is 0 Å². The number of ether oxygens (including phenoxy) is 1. The zero-order valence-corrected chi connectivity index (χ0v) is 14.0. The SMILES string of the molecule is COc1cccc(N2C(=O)CC(Nc3ccc(C)c(C)c3)C2=O)c1. The summed E-state index contributed by atoms with van der Waals surface area (Å²) >= 11 is 0. The first-order valence-corrected chi connectivity index (χ1v) is 7.84. The number of carbonyl (C=O) groups is 2. The number of anilines is 2. The molecule has 0 spiro atoms. The summed E-state index contributed by atoms with van der Waals surface area (Å²) < 4.78 is 5.17. The van der Waals surface area contributed by atoms with Gasteiger partial charge in [-0.05, 0) is 49.2 Å². The smallest absolute Gasteiger partial charge is 0.256 e. The van der Waals surface area contributed by atoms with Crippen LogP contribution in [0.25, 0.3) is 0 Å². The van der Waals surface area contributed by atoms with E-state index >= 15 is 0 Å². The number of hydrogen-bond donors (Lipinski definition) is 1. The predicted octanol–water partition coefficient (Wildman–Crippen LogP) is 3.06. The van der Waals surface area contributed by atoms with E-state index in [4.69, 9.17) is 4.74 Å². The van der Waals surface area contributed by atoms with Crippen LogP contribution >= 0.6 is 0 Å². The quantitative estimate of drug-likeness (QED) is 0.878. The van der Waals surface area contributed by atoms with Crippen molar-refractivity contribution in [2.24, 2.45) is 0 Å². The molecule has 2 aromatic carbocycles. The summed E-state index contributed by atoms with van der Waals surface area (Å²) in [5, 5.41) is 3.17. The minimum absolute atomic E-state index is 0.142. The van der Waals surface area contributed by atoms with Gasteiger partial charge in [-0.1, -0.05) is 12.1 Å². The van der Waals surface area contributed by atoms with Gasteiger partial charge in [0.2, 0.25) is 5.91 Å². The molecule has 1 aliphatic heterocycles. The first-order chi connectivity index (χ1) is 11.5. The van der Waals surface area contributed by atoms with Gasteiger partial charge in [0.1, 0.15) is 11.8 Å². The maximum absolute atomic E-state index is 12.7. The second kappa shape index (κ2) is 6.35. The molecule has 1 unspecified atom stereocenters. The zero-order chi connectivity index (χ0) is 17.3. The van der Waals surface area contributed by atoms with Crippen LogP contribution in [0.4, 0.5) is 11.4 Å². The standard InChI is InChI=1S/C19H20N2O3/c1-12-7-8-14(9-13(12)2)20-17-11-18(22)21(19(17)23)15-5-4-6-16(10-15)24-3/h4-10,17,20H,11H2,1-3H3. The molecule has 2 aromatic rings. The van der Waals surface area contributed by atoms with E-state index in [1.54, 1.807) is 31.4 Å². The Kier molecular flexibility index (Phi) is 4.25. The van der Waals surface area contributed by atoms with E-state index in [1.165, 1.54) is 10.5 Å². The van der Waals surface area contributed by atoms with Crippen molar-refractivity contribution < 1.29 is 14.3 Å². The predicted molar refractivity (Wildman–Crippen MR) is 93.4 cm³/mol. The van der Waals surface area contributed by atoms with Gasteiger partial charge in [-0.25, -0.2) is 4.90 Å². The van der Waals surface area contributed by atoms with Crippen LogP contribution in [-0.4, -0.2) is 25.0 Å². The molecule has 2 amide bonds. The highest BCUT2D eigenvalue weighted by atomic mass is 16.5. The van der Waals surface area contributed by atoms with Gasteiger partial charge in [0.25, 0.3) is 5.91 Å². The highest BCUT2D eigenvalue weighted by molar-refractivity contribution is 6.23. The molecule has 0 saturated carbocycles. The van der Waals surface area contributed by atoms with Gasteiger partial charge in [0.05, 0.1) is 19.2 Å². The molecule has 5 heteroatoms. The highest BCUT2D eigenvalue weighted by Crippen LogP contribution is 2.28. The van der Waals surface area contributed by atoms with Crippen LogP contribution in [-0.2, 0) is 9.59 Å². The molecule has 24 heavy (non-hydrogen) atoms. The molecule has 1 heterocycles. The Morgan fingerprint density at radius 1 is 1.08 bits per heavy atom. The van der Waals surface area contributed by atoms with Crippen molar-refractivity contribution in [2.75, 3.05) is 17.3 Å². The molecule has 1 atom stereocenters. The van der Waals surface area contributed by atoms with Crippen LogP contribution < -0.4 is 15.0 Å². The van der Waals surface area contributed by atoms with Crippen molar-refractivity contribution in [3.63, 3.8) is 0 Å². The third-order valence-corrected chi connectivity index (χ3v) is 4.31. The van der Waals surface area contributed by atoms with Crippen molar-refractivity contribution in [3.8, 4) is 5.75 Å². The maximum Gasteiger partial charge on any atom is 0.256 e. The Labute approximate surface area is 141 Å². The summed E-state index contributed by atoms with van der Waals surface area (Å²) in [7, 11) is 1.55. The van der Waals surface area contributed by atoms with E-state index in [2.05, 4.69) is 5.32 Å². The number of methoxy groups -OCH3 is 1. The fraction of sp³-hybridized carbons (Fsp3) is 0.263. The number of benzene rings is 2. The molecule has 1 N–H and O–H groups in total. The average Bonchev–Trinajstić information content (AvgIpc) is 2.85. The lowest BCUT2D eigenvalue weighted by Crippen LogP contribution is -2.34. The van der Waals surface area contributed by atoms with E-state index in [1.807, 2.05) is 32.0 Å². The summed E-state index contributed by atoms with van der Waals surface area (Å²) in [5.41, 5.74) is 3.71. The monoisotopic (exact) mass is 324 g/mol. The van der Waals surface area contributed by atoms with E-state index in [0.29, 0.717) is 11.4 Å². The summed E-state index contributed by atoms with van der Waals surface area (Å²) in [5.74, 6) is 0.153. The first-order valence-electron chi connectivity index (χ1n) is 7.84. The van der Waals surface area contributed by atoms with Crippen LogP contribution in [0.3, 0.4) is 0 Å². The Morgan fingerprint density at radius 2 is 1.88 bits per heavy atom. The normalized spacial score (nSPS) is 17.3. The first kappa shape index (κ1) is 16.1. The molecular formula is C19H20N2O3. The van der Waals surface area contributed by atoms with Crippen molar-refractivity contribution in [1.29, 1.82) is 0 Å². The summed E-state index contributed by atoms with van der Waals surface area (Å²) in [6.45, 7) is 4.05. The summed E-state index contributed by atoms with van der Waals surface area (Å²) in [6, 6.07) is 12.3. The Balaban J connectivity index is 1.82. The summed E-state index contributed by atoms with van der Waals surface area (Å²) in [4.78, 5) is 26.2. The van der Waals surface area contributed by atoms with Gasteiger partial charge in [-0.15, -0.1) is 0 Å². The molecule has 124 valence electrons. The van der Waals surface area contributed by atoms with E-state index in [-0.39, 0.29) is 18.2 Å². The lowest BCUT2D eigenvalue weighted by molar-refractivity contribution is -0.121. The number of amides is 2. The Morgan fingerprint density at radius 3 is 2.58 bits per heavy atom. The van der Waals surface area contributed by atoms with Gasteiger partial charge >= 0.3 is 0 Å². The van der Waals surface area contributed by atoms with E-state index in [9.17, 15) is 9.59 Å². The number of aryl methyl sites for hydroxylation is 2. The Hall–Kier alpha value is -2.82. The summed E-state index contributed by atoms with van der Waals surface area (Å²) in [6.07, 6.45) is 0.142. The number of nitrogens with one attached hydrogen (secondary N) is 1. The van der Waals surface area contributed by atoms with Gasteiger partial charge in [-0.3, -0.25) is 9.59 Å². The molecule has 0 aliphatic carbocycles. The largest absolute Gasteiger partial charge is 0.497 e. The third kappa shape index (κ3) is 2.97. The topological polar surface area (TPSA) is 58.6 Å². The fourth-order valence-corrected chi connectivity index (χ4v) is 2.80. The van der Waals surface area contributed by atoms with E-state index in [0.717, 1.165) is 11.3 Å². The van der Waals surface area contributed by atoms with Crippen molar-refractivity contribution in [3.05, 3.63) is 53.6 Å². The molecule has 3 rings (SSSR count). The molecular weight excluding hydrogens is 304 g/mol. The van der Waals surface area contributed by atoms with Crippen LogP contribution in [0.1, 0.15) is 17.5 Å². The third-order valence-electron chi connectivity index (χ3n) is 4.31. The van der Waals surface area contributed by atoms with E-state index < -0.39 is 6.04 Å². The molecule has 0 bridgehead atoms. The van der Waals surface area contributed by atoms with Crippen molar-refractivity contribution >= 4 is 23.2 Å². The van der Waals surface area contributed by atoms with Crippen LogP contribution in [0.5, 0.6) is 5.75 Å². The lowest BCUT2D eigenvalue weighted by atomic mass is 10.1. The Bertz CT molecular complexity index is 801. The number of nitrogens with zero attached hydrogens (tertiary/aromatic N) is 1. The zero-order valence-electron chi connectivity index (χ0n) is 14.0. The minimum atomic E-state index is -0.550. The molecule has 1 saturated heterocycles. The fourth-order valence-electron chi connectivity index (χ4n) is 2.80. The molecule has 5 nitrogen and oxygen atoms in total. The number of carbonyl (C=O) groups excluding carboxylic acids is 2. The van der Waals surface area contributed by atoms with Crippen molar-refractivity contribution in [1.82, 2.24) is 0 Å². The average molecular weight is 324 g/mol. The second-order valence-electron chi connectivity index (χ2n) is 5.97. The van der Waals surface area contributed by atoms with Crippen LogP contribution in [0.15, 0.2) is 42.5 Å². The number of rotatable bonds is 4. The highest BCUT2D eigenvalue weighted by Gasteiger charge is 2.39. The lowest BCUT2D eigenvalue weighted by Gasteiger charge is -2.17. The van der Waals surface area contributed by atoms with Gasteiger partial charge in [0.15, 0.2) is 0 Å². The minimum Gasteiger partial charge on any atom is -0.497 e. The van der Waals surface area contributed by atoms with Gasteiger partial charge < -0.3 is 10.1 Å². The molecule has 0 aromatic heterocycles. The van der Waals surface area contributed by atoms with Crippen LogP contribution in [0, 0.1) is 13.8 Å². The van der Waals surface area contributed by atoms with Gasteiger partial charge in [0, 0.05) is 11.8 Å².